The minimum atomic E-state index is -0.892. The van der Waals surface area contributed by atoms with E-state index >= 15 is 0 Å². The monoisotopic (exact) mass is 220 g/mol. The van der Waals surface area contributed by atoms with E-state index in [1.807, 2.05) is 6.92 Å². The van der Waals surface area contributed by atoms with Crippen LogP contribution in [0.4, 0.5) is 0 Å². The lowest BCUT2D eigenvalue weighted by Crippen LogP contribution is -2.34. The molecule has 0 rings (SSSR count). The van der Waals surface area contributed by atoms with Gasteiger partial charge in [-0.3, -0.25) is 0 Å². The van der Waals surface area contributed by atoms with Crippen molar-refractivity contribution >= 4 is 0 Å². The van der Waals surface area contributed by atoms with E-state index in [0.717, 1.165) is 0 Å². The van der Waals surface area contributed by atoms with Crippen molar-refractivity contribution in [2.24, 2.45) is 11.8 Å². The van der Waals surface area contributed by atoms with Gasteiger partial charge in [-0.25, -0.2) is 0 Å². The van der Waals surface area contributed by atoms with E-state index in [9.17, 15) is 15.3 Å². The van der Waals surface area contributed by atoms with E-state index in [1.54, 1.807) is 13.8 Å². The van der Waals surface area contributed by atoms with Gasteiger partial charge in [0.05, 0.1) is 18.3 Å². The second kappa shape index (κ2) is 7.17. The molecule has 92 valence electrons. The zero-order valence-electron chi connectivity index (χ0n) is 9.80. The summed E-state index contributed by atoms with van der Waals surface area (Å²) in [5, 5.41) is 37.2. The van der Waals surface area contributed by atoms with Crippen LogP contribution in [0.25, 0.3) is 0 Å². The lowest BCUT2D eigenvalue weighted by atomic mass is 9.93. The Morgan fingerprint density at radius 1 is 0.867 bits per heavy atom. The van der Waals surface area contributed by atoms with E-state index in [-0.39, 0.29) is 18.4 Å². The molecule has 0 spiro atoms. The van der Waals surface area contributed by atoms with Gasteiger partial charge in [-0.15, -0.1) is 0 Å². The third-order valence-electron chi connectivity index (χ3n) is 3.01. The Hall–Kier alpha value is -0.160. The lowest BCUT2D eigenvalue weighted by Gasteiger charge is -2.24. The van der Waals surface area contributed by atoms with Crippen molar-refractivity contribution in [3.63, 3.8) is 0 Å². The minimum Gasteiger partial charge on any atom is -0.396 e. The molecule has 0 aromatic rings. The molecule has 0 aliphatic rings. The maximum atomic E-state index is 9.61. The van der Waals surface area contributed by atoms with Gasteiger partial charge < -0.3 is 20.4 Å². The molecule has 4 N–H and O–H groups in total. The third-order valence-corrected chi connectivity index (χ3v) is 3.01. The summed E-state index contributed by atoms with van der Waals surface area (Å²) >= 11 is 0. The molecule has 5 atom stereocenters. The number of aliphatic hydroxyl groups is 4. The molecule has 0 heterocycles. The quantitative estimate of drug-likeness (QED) is 0.492. The molecule has 0 radical (unpaired) electrons. The molecule has 0 unspecified atom stereocenters. The molecule has 0 aromatic heterocycles. The second-order valence-electron chi connectivity index (χ2n) is 4.51. The molecule has 0 amide bonds. The Balaban J connectivity index is 3.87. The van der Waals surface area contributed by atoms with Crippen molar-refractivity contribution in [2.45, 2.75) is 51.9 Å². The van der Waals surface area contributed by atoms with Gasteiger partial charge in [-0.1, -0.05) is 13.8 Å². The fourth-order valence-electron chi connectivity index (χ4n) is 1.33. The van der Waals surface area contributed by atoms with E-state index in [1.165, 1.54) is 0 Å². The molecule has 15 heavy (non-hydrogen) atoms. The highest BCUT2D eigenvalue weighted by atomic mass is 16.3. The summed E-state index contributed by atoms with van der Waals surface area (Å²) in [4.78, 5) is 0. The summed E-state index contributed by atoms with van der Waals surface area (Å²) < 4.78 is 0. The SMILES string of the molecule is C[C@H](O)[C@H](C)CC[C@H](O)[C@H](O)[C@H](C)CO. The van der Waals surface area contributed by atoms with Gasteiger partial charge in [0.15, 0.2) is 0 Å². The maximum absolute atomic E-state index is 9.61. The zero-order valence-corrected chi connectivity index (χ0v) is 9.80. The molecular formula is C11H24O4. The first-order chi connectivity index (χ1) is 6.90. The summed E-state index contributed by atoms with van der Waals surface area (Å²) in [6, 6.07) is 0. The predicted molar refractivity (Wildman–Crippen MR) is 58.3 cm³/mol. The first kappa shape index (κ1) is 14.8. The molecule has 0 saturated carbocycles. The highest BCUT2D eigenvalue weighted by Crippen LogP contribution is 2.16. The van der Waals surface area contributed by atoms with E-state index in [4.69, 9.17) is 5.11 Å². The average Bonchev–Trinajstić information content (AvgIpc) is 2.22. The summed E-state index contributed by atoms with van der Waals surface area (Å²) in [5.74, 6) is -0.210. The van der Waals surface area contributed by atoms with Crippen molar-refractivity contribution in [1.82, 2.24) is 0 Å². The molecule has 0 saturated heterocycles. The van der Waals surface area contributed by atoms with Gasteiger partial charge in [-0.05, 0) is 25.7 Å². The summed E-state index contributed by atoms with van der Waals surface area (Å²) in [6.07, 6.45) is -1.01. The van der Waals surface area contributed by atoms with E-state index < -0.39 is 18.3 Å². The molecule has 4 heteroatoms. The van der Waals surface area contributed by atoms with Crippen LogP contribution >= 0.6 is 0 Å². The van der Waals surface area contributed by atoms with Gasteiger partial charge in [0.25, 0.3) is 0 Å². The Labute approximate surface area is 91.6 Å². The van der Waals surface area contributed by atoms with Crippen molar-refractivity contribution in [1.29, 1.82) is 0 Å². The van der Waals surface area contributed by atoms with Crippen LogP contribution in [0.2, 0.25) is 0 Å². The Morgan fingerprint density at radius 2 is 1.40 bits per heavy atom. The molecular weight excluding hydrogens is 196 g/mol. The van der Waals surface area contributed by atoms with Gasteiger partial charge in [0, 0.05) is 12.5 Å². The van der Waals surface area contributed by atoms with Crippen molar-refractivity contribution in [2.75, 3.05) is 6.61 Å². The second-order valence-corrected chi connectivity index (χ2v) is 4.51. The fourth-order valence-corrected chi connectivity index (χ4v) is 1.33. The maximum Gasteiger partial charge on any atom is 0.0846 e. The highest BCUT2D eigenvalue weighted by Gasteiger charge is 2.23. The van der Waals surface area contributed by atoms with Crippen LogP contribution in [-0.4, -0.2) is 45.3 Å². The topological polar surface area (TPSA) is 80.9 Å². The number of hydrogen-bond donors (Lipinski definition) is 4. The van der Waals surface area contributed by atoms with Gasteiger partial charge in [0.1, 0.15) is 0 Å². The van der Waals surface area contributed by atoms with Gasteiger partial charge in [-0.2, -0.15) is 0 Å². The Bertz CT molecular complexity index is 161. The highest BCUT2D eigenvalue weighted by molar-refractivity contribution is 4.74. The van der Waals surface area contributed by atoms with E-state index in [0.29, 0.717) is 12.8 Å². The van der Waals surface area contributed by atoms with Crippen LogP contribution in [0.15, 0.2) is 0 Å². The Kier molecular flexibility index (Phi) is 7.09. The first-order valence-corrected chi connectivity index (χ1v) is 5.55. The smallest absolute Gasteiger partial charge is 0.0846 e. The van der Waals surface area contributed by atoms with Crippen LogP contribution < -0.4 is 0 Å². The summed E-state index contributed by atoms with van der Waals surface area (Å²) in [6.45, 7) is 5.17. The Morgan fingerprint density at radius 3 is 1.80 bits per heavy atom. The zero-order chi connectivity index (χ0) is 12.0. The van der Waals surface area contributed by atoms with Crippen LogP contribution in [-0.2, 0) is 0 Å². The largest absolute Gasteiger partial charge is 0.396 e. The standard InChI is InChI=1S/C11H24O4/c1-7(9(3)13)4-5-10(14)11(15)8(2)6-12/h7-15H,4-6H2,1-3H3/t7-,8-,9+,10+,11-/m1/s1. The molecule has 4 nitrogen and oxygen atoms in total. The first-order valence-electron chi connectivity index (χ1n) is 5.55. The minimum absolute atomic E-state index is 0.108. The normalized spacial score (nSPS) is 21.8. The number of rotatable bonds is 7. The van der Waals surface area contributed by atoms with Crippen LogP contribution in [0.5, 0.6) is 0 Å². The summed E-state index contributed by atoms with van der Waals surface area (Å²) in [5.41, 5.74) is 0. The molecule has 0 aliphatic heterocycles. The van der Waals surface area contributed by atoms with Crippen LogP contribution in [0.1, 0.15) is 33.6 Å². The molecule has 0 fully saturated rings. The van der Waals surface area contributed by atoms with Gasteiger partial charge in [0.2, 0.25) is 0 Å². The molecule has 0 bridgehead atoms. The predicted octanol–water partition coefficient (Wildman–Crippen LogP) is 0.134. The van der Waals surface area contributed by atoms with Crippen LogP contribution in [0, 0.1) is 11.8 Å². The van der Waals surface area contributed by atoms with Gasteiger partial charge >= 0.3 is 0 Å². The van der Waals surface area contributed by atoms with Crippen molar-refractivity contribution < 1.29 is 20.4 Å². The lowest BCUT2D eigenvalue weighted by molar-refractivity contribution is -0.0342. The molecule has 0 aliphatic carbocycles. The average molecular weight is 220 g/mol. The van der Waals surface area contributed by atoms with Crippen LogP contribution in [0.3, 0.4) is 0 Å². The third kappa shape index (κ3) is 5.47. The number of hydrogen-bond acceptors (Lipinski definition) is 4. The summed E-state index contributed by atoms with van der Waals surface area (Å²) in [7, 11) is 0. The molecule has 0 aromatic carbocycles. The number of aliphatic hydroxyl groups excluding tert-OH is 4. The fraction of sp³-hybridized carbons (Fsp3) is 1.00. The van der Waals surface area contributed by atoms with E-state index in [2.05, 4.69) is 0 Å². The van der Waals surface area contributed by atoms with Crippen molar-refractivity contribution in [3.05, 3.63) is 0 Å². The van der Waals surface area contributed by atoms with Crippen molar-refractivity contribution in [3.8, 4) is 0 Å².